The highest BCUT2D eigenvalue weighted by atomic mass is 32.1. The van der Waals surface area contributed by atoms with Crippen LogP contribution in [0.4, 0.5) is 10.9 Å². The third-order valence-corrected chi connectivity index (χ3v) is 5.06. The number of amides is 1. The molecule has 0 aromatic carbocycles. The predicted molar refractivity (Wildman–Crippen MR) is 86.0 cm³/mol. The molecule has 21 heavy (non-hydrogen) atoms. The van der Waals surface area contributed by atoms with Gasteiger partial charge in [0.05, 0.1) is 0 Å². The van der Waals surface area contributed by atoms with E-state index in [0.717, 1.165) is 57.1 Å². The predicted octanol–water partition coefficient (Wildman–Crippen LogP) is 1.15. The molecule has 7 heteroatoms. The highest BCUT2D eigenvalue weighted by Crippen LogP contribution is 2.33. The molecule has 0 unspecified atom stereocenters. The standard InChI is InChI=1S/C14H23N5OS/c1-2-7-19(10-3-4-10)13(20)11-12(15)17-14(21-11)18-8-5-16-6-9-18/h10,16H,2-9,15H2,1H3. The number of carbonyl (C=O) groups is 1. The fourth-order valence-electron chi connectivity index (χ4n) is 2.67. The van der Waals surface area contributed by atoms with Crippen molar-refractivity contribution in [2.75, 3.05) is 43.4 Å². The number of carbonyl (C=O) groups excluding carboxylic acids is 1. The van der Waals surface area contributed by atoms with Crippen molar-refractivity contribution in [3.8, 4) is 0 Å². The Balaban J connectivity index is 1.77. The van der Waals surface area contributed by atoms with Crippen molar-refractivity contribution < 1.29 is 4.79 Å². The van der Waals surface area contributed by atoms with E-state index in [1.165, 1.54) is 11.3 Å². The number of piperazine rings is 1. The van der Waals surface area contributed by atoms with Gasteiger partial charge in [-0.2, -0.15) is 0 Å². The Morgan fingerprint density at radius 2 is 2.19 bits per heavy atom. The van der Waals surface area contributed by atoms with Crippen LogP contribution in [0.2, 0.25) is 0 Å². The number of nitrogens with one attached hydrogen (secondary N) is 1. The van der Waals surface area contributed by atoms with E-state index in [9.17, 15) is 4.79 Å². The van der Waals surface area contributed by atoms with Crippen LogP contribution in [0.5, 0.6) is 0 Å². The number of hydrogen-bond acceptors (Lipinski definition) is 6. The van der Waals surface area contributed by atoms with Gasteiger partial charge in [0.1, 0.15) is 10.7 Å². The number of nitrogen functional groups attached to an aromatic ring is 1. The van der Waals surface area contributed by atoms with Crippen molar-refractivity contribution in [3.63, 3.8) is 0 Å². The number of nitrogens with two attached hydrogens (primary N) is 1. The first-order chi connectivity index (χ1) is 10.2. The minimum Gasteiger partial charge on any atom is -0.382 e. The Hall–Kier alpha value is -1.34. The summed E-state index contributed by atoms with van der Waals surface area (Å²) in [7, 11) is 0. The van der Waals surface area contributed by atoms with Gasteiger partial charge in [0.2, 0.25) is 0 Å². The van der Waals surface area contributed by atoms with Crippen molar-refractivity contribution in [1.82, 2.24) is 15.2 Å². The summed E-state index contributed by atoms with van der Waals surface area (Å²) in [5.74, 6) is 0.455. The first kappa shape index (κ1) is 14.6. The van der Waals surface area contributed by atoms with Crippen LogP contribution in [-0.2, 0) is 0 Å². The van der Waals surface area contributed by atoms with Gasteiger partial charge in [-0.05, 0) is 19.3 Å². The molecule has 2 fully saturated rings. The van der Waals surface area contributed by atoms with E-state index in [4.69, 9.17) is 5.73 Å². The summed E-state index contributed by atoms with van der Waals surface area (Å²) in [6, 6.07) is 0.418. The Bertz CT molecular complexity index is 507. The Morgan fingerprint density at radius 3 is 2.81 bits per heavy atom. The molecule has 0 radical (unpaired) electrons. The number of nitrogens with zero attached hydrogens (tertiary/aromatic N) is 3. The lowest BCUT2D eigenvalue weighted by Crippen LogP contribution is -2.43. The van der Waals surface area contributed by atoms with E-state index >= 15 is 0 Å². The van der Waals surface area contributed by atoms with Crippen molar-refractivity contribution in [1.29, 1.82) is 0 Å². The van der Waals surface area contributed by atoms with E-state index in [0.29, 0.717) is 16.7 Å². The maximum atomic E-state index is 12.7. The molecular formula is C14H23N5OS. The highest BCUT2D eigenvalue weighted by Gasteiger charge is 2.34. The molecule has 2 heterocycles. The monoisotopic (exact) mass is 309 g/mol. The molecule has 1 amide bonds. The largest absolute Gasteiger partial charge is 0.382 e. The molecule has 3 N–H and O–H groups in total. The van der Waals surface area contributed by atoms with Gasteiger partial charge >= 0.3 is 0 Å². The molecule has 0 atom stereocenters. The SMILES string of the molecule is CCCN(C(=O)c1sc(N2CCNCC2)nc1N)C1CC1. The molecule has 0 spiro atoms. The van der Waals surface area contributed by atoms with Crippen LogP contribution < -0.4 is 16.0 Å². The third kappa shape index (κ3) is 3.13. The Labute approximate surface area is 129 Å². The molecular weight excluding hydrogens is 286 g/mol. The van der Waals surface area contributed by atoms with Gasteiger partial charge in [0, 0.05) is 38.8 Å². The first-order valence-corrected chi connectivity index (χ1v) is 8.55. The van der Waals surface area contributed by atoms with E-state index in [1.807, 2.05) is 4.90 Å². The second-order valence-corrected chi connectivity index (χ2v) is 6.66. The molecule has 1 aliphatic carbocycles. The molecule has 6 nitrogen and oxygen atoms in total. The van der Waals surface area contributed by atoms with E-state index in [2.05, 4.69) is 22.1 Å². The molecule has 1 saturated heterocycles. The number of rotatable bonds is 5. The summed E-state index contributed by atoms with van der Waals surface area (Å²) >= 11 is 1.44. The van der Waals surface area contributed by atoms with E-state index < -0.39 is 0 Å². The van der Waals surface area contributed by atoms with Crippen LogP contribution >= 0.6 is 11.3 Å². The number of anilines is 2. The van der Waals surface area contributed by atoms with Crippen molar-refractivity contribution in [2.45, 2.75) is 32.2 Å². The molecule has 0 bridgehead atoms. The lowest BCUT2D eigenvalue weighted by Gasteiger charge is -2.26. The molecule has 1 aromatic heterocycles. The van der Waals surface area contributed by atoms with Crippen LogP contribution in [-0.4, -0.2) is 54.6 Å². The van der Waals surface area contributed by atoms with Gasteiger partial charge in [-0.25, -0.2) is 4.98 Å². The molecule has 3 rings (SSSR count). The van der Waals surface area contributed by atoms with Gasteiger partial charge < -0.3 is 20.9 Å². The van der Waals surface area contributed by atoms with E-state index in [1.54, 1.807) is 0 Å². The first-order valence-electron chi connectivity index (χ1n) is 7.73. The number of thiazole rings is 1. The van der Waals surface area contributed by atoms with Crippen LogP contribution in [0, 0.1) is 0 Å². The van der Waals surface area contributed by atoms with Crippen LogP contribution in [0.25, 0.3) is 0 Å². The molecule has 2 aliphatic rings. The lowest BCUT2D eigenvalue weighted by atomic mass is 10.3. The van der Waals surface area contributed by atoms with Gasteiger partial charge in [-0.1, -0.05) is 18.3 Å². The summed E-state index contributed by atoms with van der Waals surface area (Å²) in [4.78, 5) is 21.9. The summed E-state index contributed by atoms with van der Waals surface area (Å²) in [6.45, 7) is 6.65. The van der Waals surface area contributed by atoms with Gasteiger partial charge in [-0.3, -0.25) is 4.79 Å². The second-order valence-electron chi connectivity index (χ2n) is 5.68. The fraction of sp³-hybridized carbons (Fsp3) is 0.714. The number of aromatic nitrogens is 1. The topological polar surface area (TPSA) is 74.5 Å². The maximum absolute atomic E-state index is 12.7. The van der Waals surface area contributed by atoms with Crippen molar-refractivity contribution in [3.05, 3.63) is 4.88 Å². The molecule has 1 saturated carbocycles. The van der Waals surface area contributed by atoms with Crippen molar-refractivity contribution in [2.24, 2.45) is 0 Å². The number of hydrogen-bond donors (Lipinski definition) is 2. The third-order valence-electron chi connectivity index (χ3n) is 3.94. The highest BCUT2D eigenvalue weighted by molar-refractivity contribution is 7.18. The zero-order chi connectivity index (χ0) is 14.8. The van der Waals surface area contributed by atoms with Crippen LogP contribution in [0.15, 0.2) is 0 Å². The van der Waals surface area contributed by atoms with Crippen LogP contribution in [0.1, 0.15) is 35.9 Å². The Kier molecular flexibility index (Phi) is 4.30. The van der Waals surface area contributed by atoms with Gasteiger partial charge in [-0.15, -0.1) is 0 Å². The summed E-state index contributed by atoms with van der Waals surface area (Å²) < 4.78 is 0. The quantitative estimate of drug-likeness (QED) is 0.853. The Morgan fingerprint density at radius 1 is 1.48 bits per heavy atom. The van der Waals surface area contributed by atoms with Gasteiger partial charge in [0.15, 0.2) is 5.13 Å². The maximum Gasteiger partial charge on any atom is 0.268 e. The average Bonchev–Trinajstić information content (AvgIpc) is 3.27. The zero-order valence-electron chi connectivity index (χ0n) is 12.5. The molecule has 1 aliphatic heterocycles. The van der Waals surface area contributed by atoms with E-state index in [-0.39, 0.29) is 5.91 Å². The molecule has 116 valence electrons. The molecule has 1 aromatic rings. The fourth-order valence-corrected chi connectivity index (χ4v) is 3.67. The van der Waals surface area contributed by atoms with Crippen molar-refractivity contribution >= 4 is 28.2 Å². The average molecular weight is 309 g/mol. The summed E-state index contributed by atoms with van der Waals surface area (Å²) in [6.07, 6.45) is 3.22. The minimum atomic E-state index is 0.0655. The normalized spacial score (nSPS) is 18.8. The zero-order valence-corrected chi connectivity index (χ0v) is 13.3. The summed E-state index contributed by atoms with van der Waals surface area (Å²) in [5, 5.41) is 4.19. The lowest BCUT2D eigenvalue weighted by molar-refractivity contribution is 0.0749. The van der Waals surface area contributed by atoms with Crippen LogP contribution in [0.3, 0.4) is 0 Å². The second kappa shape index (κ2) is 6.19. The summed E-state index contributed by atoms with van der Waals surface area (Å²) in [5.41, 5.74) is 6.01. The van der Waals surface area contributed by atoms with Gasteiger partial charge in [0.25, 0.3) is 5.91 Å². The minimum absolute atomic E-state index is 0.0655. The smallest absolute Gasteiger partial charge is 0.268 e.